The van der Waals surface area contributed by atoms with E-state index in [1.165, 1.54) is 6.07 Å². The van der Waals surface area contributed by atoms with E-state index in [0.29, 0.717) is 22.4 Å². The van der Waals surface area contributed by atoms with Crippen LogP contribution in [0.15, 0.2) is 146 Å². The van der Waals surface area contributed by atoms with E-state index < -0.39 is 11.7 Å². The summed E-state index contributed by atoms with van der Waals surface area (Å²) in [6.07, 6.45) is -4.62. The van der Waals surface area contributed by atoms with E-state index in [1.807, 2.05) is 83.4 Å². The third-order valence-electron chi connectivity index (χ3n) is 10.0. The van der Waals surface area contributed by atoms with Gasteiger partial charge in [-0.15, -0.1) is 0 Å². The molecule has 7 aromatic carbocycles. The zero-order valence-electron chi connectivity index (χ0n) is 28.2. The number of hydrogen-bond acceptors (Lipinski definition) is 3. The first-order valence-electron chi connectivity index (χ1n) is 17.0. The van der Waals surface area contributed by atoms with E-state index in [-0.39, 0.29) is 11.1 Å². The second-order valence-electron chi connectivity index (χ2n) is 13.0. The molecule has 0 saturated heterocycles. The lowest BCUT2D eigenvalue weighted by Gasteiger charge is -2.17. The van der Waals surface area contributed by atoms with Crippen LogP contribution >= 0.6 is 0 Å². The fourth-order valence-corrected chi connectivity index (χ4v) is 7.65. The molecular weight excluding hydrogens is 680 g/mol. The van der Waals surface area contributed by atoms with Gasteiger partial charge < -0.3 is 9.13 Å². The van der Waals surface area contributed by atoms with E-state index in [4.69, 9.17) is 0 Å². The lowest BCUT2D eigenvalue weighted by Crippen LogP contribution is -2.06. The first kappa shape index (κ1) is 32.3. The first-order chi connectivity index (χ1) is 26.3. The van der Waals surface area contributed by atoms with Gasteiger partial charge in [-0.3, -0.25) is 0 Å². The number of para-hydroxylation sites is 3. The smallest absolute Gasteiger partial charge is 0.309 e. The molecular formula is C46H24F3N5. The van der Waals surface area contributed by atoms with Gasteiger partial charge in [0.25, 0.3) is 0 Å². The van der Waals surface area contributed by atoms with E-state index in [1.54, 1.807) is 18.2 Å². The van der Waals surface area contributed by atoms with Crippen molar-refractivity contribution in [1.82, 2.24) is 9.13 Å². The molecule has 2 heterocycles. The van der Waals surface area contributed by atoms with Crippen LogP contribution in [0.25, 0.3) is 77.2 Å². The number of rotatable bonds is 4. The van der Waals surface area contributed by atoms with E-state index in [2.05, 4.69) is 53.1 Å². The number of nitrogens with zero attached hydrogens (tertiary/aromatic N) is 5. The summed E-state index contributed by atoms with van der Waals surface area (Å²) >= 11 is 0. The molecule has 0 unspecified atom stereocenters. The molecule has 0 N–H and O–H groups in total. The Labute approximate surface area is 306 Å². The highest BCUT2D eigenvalue weighted by molar-refractivity contribution is 6.12. The predicted molar refractivity (Wildman–Crippen MR) is 205 cm³/mol. The Balaban J connectivity index is 1.26. The fourth-order valence-electron chi connectivity index (χ4n) is 7.65. The van der Waals surface area contributed by atoms with Crippen LogP contribution in [-0.4, -0.2) is 9.13 Å². The van der Waals surface area contributed by atoms with Crippen LogP contribution in [0, 0.1) is 34.0 Å². The Morgan fingerprint density at radius 3 is 1.69 bits per heavy atom. The van der Waals surface area contributed by atoms with Gasteiger partial charge in [-0.2, -0.15) is 29.0 Å². The second kappa shape index (κ2) is 12.3. The maximum absolute atomic E-state index is 13.7. The molecule has 0 amide bonds. The highest BCUT2D eigenvalue weighted by Gasteiger charge is 2.31. The van der Waals surface area contributed by atoms with Crippen LogP contribution in [0.2, 0.25) is 0 Å². The zero-order chi connectivity index (χ0) is 37.1. The molecule has 5 nitrogen and oxygen atoms in total. The van der Waals surface area contributed by atoms with Crippen molar-refractivity contribution in [2.75, 3.05) is 0 Å². The Morgan fingerprint density at radius 2 is 1.06 bits per heavy atom. The lowest BCUT2D eigenvalue weighted by molar-refractivity contribution is -0.137. The average molecular weight is 704 g/mol. The minimum atomic E-state index is -4.62. The third-order valence-corrected chi connectivity index (χ3v) is 10.0. The van der Waals surface area contributed by atoms with E-state index in [0.717, 1.165) is 72.6 Å². The largest absolute Gasteiger partial charge is 0.416 e. The molecule has 0 aliphatic heterocycles. The normalized spacial score (nSPS) is 11.6. The van der Waals surface area contributed by atoms with Crippen LogP contribution in [0.4, 0.5) is 13.2 Å². The fraction of sp³-hybridized carbons (Fsp3) is 0.0217. The summed E-state index contributed by atoms with van der Waals surface area (Å²) in [6.45, 7) is 0. The topological polar surface area (TPSA) is 81.2 Å². The summed E-state index contributed by atoms with van der Waals surface area (Å²) < 4.78 is 45.1. The number of alkyl halides is 3. The molecule has 0 radical (unpaired) electrons. The van der Waals surface area contributed by atoms with Gasteiger partial charge in [0.1, 0.15) is 0 Å². The summed E-state index contributed by atoms with van der Waals surface area (Å²) in [4.78, 5) is 0. The molecule has 0 spiro atoms. The number of halogens is 3. The first-order valence-corrected chi connectivity index (χ1v) is 17.0. The summed E-state index contributed by atoms with van der Waals surface area (Å²) in [6, 6.07) is 50.8. The van der Waals surface area contributed by atoms with Crippen molar-refractivity contribution in [3.63, 3.8) is 0 Å². The second-order valence-corrected chi connectivity index (χ2v) is 13.0. The highest BCUT2D eigenvalue weighted by atomic mass is 19.4. The van der Waals surface area contributed by atoms with E-state index in [9.17, 15) is 29.0 Å². The number of nitriles is 3. The van der Waals surface area contributed by atoms with Gasteiger partial charge in [0.05, 0.1) is 68.2 Å². The van der Waals surface area contributed by atoms with Gasteiger partial charge in [-0.25, -0.2) is 0 Å². The van der Waals surface area contributed by atoms with Crippen molar-refractivity contribution in [2.24, 2.45) is 0 Å². The van der Waals surface area contributed by atoms with Crippen molar-refractivity contribution in [3.8, 4) is 51.8 Å². The van der Waals surface area contributed by atoms with Crippen molar-refractivity contribution in [1.29, 1.82) is 15.8 Å². The monoisotopic (exact) mass is 703 g/mol. The molecule has 8 heteroatoms. The molecule has 0 atom stereocenters. The summed E-state index contributed by atoms with van der Waals surface area (Å²) in [5, 5.41) is 34.1. The maximum Gasteiger partial charge on any atom is 0.416 e. The van der Waals surface area contributed by atoms with Crippen molar-refractivity contribution < 1.29 is 13.2 Å². The molecule has 0 saturated carbocycles. The quantitative estimate of drug-likeness (QED) is 0.183. The van der Waals surface area contributed by atoms with Crippen LogP contribution in [0.3, 0.4) is 0 Å². The molecule has 0 aliphatic rings. The van der Waals surface area contributed by atoms with Gasteiger partial charge in [0, 0.05) is 38.4 Å². The minimum Gasteiger partial charge on any atom is -0.309 e. The minimum absolute atomic E-state index is 0.152. The average Bonchev–Trinajstić information content (AvgIpc) is 3.72. The van der Waals surface area contributed by atoms with E-state index >= 15 is 0 Å². The Kier molecular flexibility index (Phi) is 7.34. The summed E-state index contributed by atoms with van der Waals surface area (Å²) in [7, 11) is 0. The number of hydrogen-bond donors (Lipinski definition) is 0. The standard InChI is InChI=1S/C46H24F3N5/c47-46(48,49)33-15-16-35(32(22-33)27-52)39-21-28(25-50)13-17-44(39)54-43-12-6-3-9-38(43)40-24-30(14-18-45(40)54)31-19-29(26-51)20-34(23-31)53-41-10-4-1-7-36(41)37-8-2-5-11-42(37)53/h1-24H. The number of benzene rings is 7. The third kappa shape index (κ3) is 5.07. The van der Waals surface area contributed by atoms with Crippen LogP contribution in [-0.2, 0) is 6.18 Å². The SMILES string of the molecule is N#Cc1cc(-c2ccc3c(c2)c2ccccc2n3-c2ccc(C#N)cc2-c2ccc(C(F)(F)F)cc2C#N)cc(-n2c3ccccc3c3ccccc32)c1. The zero-order valence-corrected chi connectivity index (χ0v) is 28.2. The molecule has 9 aromatic rings. The lowest BCUT2D eigenvalue weighted by atomic mass is 9.95. The maximum atomic E-state index is 13.7. The van der Waals surface area contributed by atoms with Crippen LogP contribution in [0.1, 0.15) is 22.3 Å². The highest BCUT2D eigenvalue weighted by Crippen LogP contribution is 2.41. The van der Waals surface area contributed by atoms with Crippen molar-refractivity contribution in [3.05, 3.63) is 168 Å². The van der Waals surface area contributed by atoms with Crippen LogP contribution in [0.5, 0.6) is 0 Å². The number of fused-ring (bicyclic) bond motifs is 6. The van der Waals surface area contributed by atoms with Gasteiger partial charge in [-0.05, 0) is 90.0 Å². The summed E-state index contributed by atoms with van der Waals surface area (Å²) in [5.74, 6) is 0. The Hall–Kier alpha value is -7.60. The van der Waals surface area contributed by atoms with Crippen molar-refractivity contribution >= 4 is 43.6 Å². The molecule has 0 aliphatic carbocycles. The van der Waals surface area contributed by atoms with Gasteiger partial charge in [0.2, 0.25) is 0 Å². The van der Waals surface area contributed by atoms with Gasteiger partial charge >= 0.3 is 6.18 Å². The number of aromatic nitrogens is 2. The Morgan fingerprint density at radius 1 is 0.444 bits per heavy atom. The Bertz CT molecular complexity index is 3090. The molecule has 254 valence electrons. The molecule has 0 bridgehead atoms. The predicted octanol–water partition coefficient (Wildman–Crippen LogP) is 11.8. The van der Waals surface area contributed by atoms with Gasteiger partial charge in [-0.1, -0.05) is 66.7 Å². The van der Waals surface area contributed by atoms with Crippen molar-refractivity contribution in [2.45, 2.75) is 6.18 Å². The van der Waals surface area contributed by atoms with Crippen LogP contribution < -0.4 is 0 Å². The molecule has 2 aromatic heterocycles. The molecule has 0 fully saturated rings. The molecule has 9 rings (SSSR count). The van der Waals surface area contributed by atoms with Gasteiger partial charge in [0.15, 0.2) is 0 Å². The summed E-state index contributed by atoms with van der Waals surface area (Å²) in [5.41, 5.74) is 7.38. The molecule has 54 heavy (non-hydrogen) atoms.